The fraction of sp³-hybridized carbons (Fsp3) is 0.611. The summed E-state index contributed by atoms with van der Waals surface area (Å²) in [7, 11) is 0. The van der Waals surface area contributed by atoms with Crippen molar-refractivity contribution < 1.29 is 9.53 Å². The van der Waals surface area contributed by atoms with E-state index in [1.807, 2.05) is 25.2 Å². The Hall–Kier alpha value is -1.31. The highest BCUT2D eigenvalue weighted by Crippen LogP contribution is 2.09. The summed E-state index contributed by atoms with van der Waals surface area (Å²) < 4.78 is 4.89. The SMILES string of the molecule is C\C=C/C=C\C=C/CCCCCCCCCOC(C)=O. The van der Waals surface area contributed by atoms with Gasteiger partial charge < -0.3 is 4.74 Å². The third-order valence-corrected chi connectivity index (χ3v) is 2.98. The topological polar surface area (TPSA) is 26.3 Å². The minimum Gasteiger partial charge on any atom is -0.466 e. The van der Waals surface area contributed by atoms with Crippen LogP contribution in [0.3, 0.4) is 0 Å². The van der Waals surface area contributed by atoms with Gasteiger partial charge in [0, 0.05) is 6.92 Å². The molecule has 0 saturated heterocycles. The number of unbranched alkanes of at least 4 members (excludes halogenated alkanes) is 7. The van der Waals surface area contributed by atoms with Crippen molar-refractivity contribution in [3.05, 3.63) is 36.5 Å². The van der Waals surface area contributed by atoms with Crippen molar-refractivity contribution in [1.82, 2.24) is 0 Å². The number of hydrogen-bond acceptors (Lipinski definition) is 2. The van der Waals surface area contributed by atoms with Crippen LogP contribution in [-0.4, -0.2) is 12.6 Å². The van der Waals surface area contributed by atoms with Crippen LogP contribution < -0.4 is 0 Å². The minimum absolute atomic E-state index is 0.168. The second-order valence-electron chi connectivity index (χ2n) is 4.94. The first kappa shape index (κ1) is 18.7. The minimum atomic E-state index is -0.168. The molecule has 0 N–H and O–H groups in total. The van der Waals surface area contributed by atoms with Crippen LogP contribution in [0.2, 0.25) is 0 Å². The van der Waals surface area contributed by atoms with Gasteiger partial charge in [0.15, 0.2) is 0 Å². The van der Waals surface area contributed by atoms with Crippen LogP contribution in [0.4, 0.5) is 0 Å². The van der Waals surface area contributed by atoms with Gasteiger partial charge in [0.25, 0.3) is 0 Å². The van der Waals surface area contributed by atoms with E-state index in [2.05, 4.69) is 18.2 Å². The Bertz CT molecular complexity index is 301. The number of hydrogen-bond donors (Lipinski definition) is 0. The molecule has 0 rings (SSSR count). The Morgan fingerprint density at radius 2 is 1.45 bits per heavy atom. The van der Waals surface area contributed by atoms with E-state index in [-0.39, 0.29) is 5.97 Å². The summed E-state index contributed by atoms with van der Waals surface area (Å²) in [4.78, 5) is 10.5. The van der Waals surface area contributed by atoms with E-state index in [9.17, 15) is 4.79 Å². The van der Waals surface area contributed by atoms with Crippen molar-refractivity contribution in [2.45, 2.75) is 65.2 Å². The van der Waals surface area contributed by atoms with Gasteiger partial charge in [-0.15, -0.1) is 0 Å². The summed E-state index contributed by atoms with van der Waals surface area (Å²) >= 11 is 0. The smallest absolute Gasteiger partial charge is 0.302 e. The molecule has 2 heteroatoms. The third kappa shape index (κ3) is 16.7. The zero-order valence-electron chi connectivity index (χ0n) is 13.1. The number of esters is 1. The second-order valence-corrected chi connectivity index (χ2v) is 4.94. The van der Waals surface area contributed by atoms with Crippen LogP contribution in [0.1, 0.15) is 65.2 Å². The van der Waals surface area contributed by atoms with Gasteiger partial charge in [-0.1, -0.05) is 68.6 Å². The van der Waals surface area contributed by atoms with Crippen molar-refractivity contribution in [1.29, 1.82) is 0 Å². The van der Waals surface area contributed by atoms with Crippen molar-refractivity contribution in [3.63, 3.8) is 0 Å². The van der Waals surface area contributed by atoms with Crippen molar-refractivity contribution in [3.8, 4) is 0 Å². The van der Waals surface area contributed by atoms with Gasteiger partial charge >= 0.3 is 5.97 Å². The highest BCUT2D eigenvalue weighted by atomic mass is 16.5. The molecular formula is C18H30O2. The molecule has 0 saturated carbocycles. The van der Waals surface area contributed by atoms with Gasteiger partial charge in [0.1, 0.15) is 0 Å². The highest BCUT2D eigenvalue weighted by Gasteiger charge is 1.94. The molecule has 2 nitrogen and oxygen atoms in total. The van der Waals surface area contributed by atoms with E-state index >= 15 is 0 Å². The number of rotatable bonds is 12. The molecule has 0 aliphatic heterocycles. The van der Waals surface area contributed by atoms with Gasteiger partial charge in [0.05, 0.1) is 6.61 Å². The van der Waals surface area contributed by atoms with Crippen molar-refractivity contribution in [2.24, 2.45) is 0 Å². The number of carbonyl (C=O) groups is 1. The Labute approximate surface area is 124 Å². The summed E-state index contributed by atoms with van der Waals surface area (Å²) in [5, 5.41) is 0. The van der Waals surface area contributed by atoms with E-state index in [0.29, 0.717) is 6.61 Å². The lowest BCUT2D eigenvalue weighted by Gasteiger charge is -2.02. The summed E-state index contributed by atoms with van der Waals surface area (Å²) in [6, 6.07) is 0. The van der Waals surface area contributed by atoms with Crippen LogP contribution in [0.5, 0.6) is 0 Å². The summed E-state index contributed by atoms with van der Waals surface area (Å²) in [6.45, 7) is 4.07. The lowest BCUT2D eigenvalue weighted by atomic mass is 10.1. The van der Waals surface area contributed by atoms with E-state index in [4.69, 9.17) is 4.74 Å². The zero-order chi connectivity index (χ0) is 14.9. The quantitative estimate of drug-likeness (QED) is 0.273. The van der Waals surface area contributed by atoms with Crippen LogP contribution in [-0.2, 0) is 9.53 Å². The second kappa shape index (κ2) is 15.7. The van der Waals surface area contributed by atoms with Crippen LogP contribution >= 0.6 is 0 Å². The Morgan fingerprint density at radius 1 is 0.850 bits per heavy atom. The first-order valence-corrected chi connectivity index (χ1v) is 7.85. The Balaban J connectivity index is 3.15. The van der Waals surface area contributed by atoms with Crippen LogP contribution in [0, 0.1) is 0 Å². The molecule has 0 atom stereocenters. The summed E-state index contributed by atoms with van der Waals surface area (Å²) in [6.07, 6.45) is 22.3. The normalized spacial score (nSPS) is 11.9. The maximum absolute atomic E-state index is 10.5. The van der Waals surface area contributed by atoms with Gasteiger partial charge in [-0.3, -0.25) is 4.79 Å². The maximum atomic E-state index is 10.5. The third-order valence-electron chi connectivity index (χ3n) is 2.98. The molecule has 0 radical (unpaired) electrons. The molecule has 0 aliphatic rings. The van der Waals surface area contributed by atoms with Crippen LogP contribution in [0.15, 0.2) is 36.5 Å². The molecule has 0 aromatic carbocycles. The lowest BCUT2D eigenvalue weighted by Crippen LogP contribution is -1.99. The molecule has 0 fully saturated rings. The van der Waals surface area contributed by atoms with Gasteiger partial charge in [-0.25, -0.2) is 0 Å². The predicted octanol–water partition coefficient (Wildman–Crippen LogP) is 5.36. The molecule has 0 aromatic heterocycles. The molecule has 20 heavy (non-hydrogen) atoms. The van der Waals surface area contributed by atoms with Crippen molar-refractivity contribution >= 4 is 5.97 Å². The first-order chi connectivity index (χ1) is 9.77. The van der Waals surface area contributed by atoms with Crippen molar-refractivity contribution in [2.75, 3.05) is 6.61 Å². The van der Waals surface area contributed by atoms with E-state index in [1.54, 1.807) is 0 Å². The molecule has 0 aliphatic carbocycles. The molecular weight excluding hydrogens is 248 g/mol. The molecule has 0 bridgehead atoms. The maximum Gasteiger partial charge on any atom is 0.302 e. The average molecular weight is 278 g/mol. The molecule has 114 valence electrons. The van der Waals surface area contributed by atoms with Gasteiger partial charge in [-0.05, 0) is 26.2 Å². The summed E-state index contributed by atoms with van der Waals surface area (Å²) in [5.74, 6) is -0.168. The molecule has 0 heterocycles. The standard InChI is InChI=1S/C18H30O2/c1-3-4-5-6-7-8-9-10-11-12-13-14-15-16-17-20-18(2)19/h3-8H,9-17H2,1-2H3/b4-3-,6-5-,8-7-. The lowest BCUT2D eigenvalue weighted by molar-refractivity contribution is -0.141. The molecule has 0 aromatic rings. The number of ether oxygens (including phenoxy) is 1. The average Bonchev–Trinajstić information content (AvgIpc) is 2.43. The van der Waals surface area contributed by atoms with E-state index in [1.165, 1.54) is 51.9 Å². The van der Waals surface area contributed by atoms with Gasteiger partial charge in [0.2, 0.25) is 0 Å². The molecule has 0 spiro atoms. The predicted molar refractivity (Wildman–Crippen MR) is 86.7 cm³/mol. The zero-order valence-corrected chi connectivity index (χ0v) is 13.1. The number of carbonyl (C=O) groups excluding carboxylic acids is 1. The van der Waals surface area contributed by atoms with E-state index in [0.717, 1.165) is 6.42 Å². The summed E-state index contributed by atoms with van der Waals surface area (Å²) in [5.41, 5.74) is 0. The Morgan fingerprint density at radius 3 is 2.10 bits per heavy atom. The monoisotopic (exact) mass is 278 g/mol. The van der Waals surface area contributed by atoms with Crippen LogP contribution in [0.25, 0.3) is 0 Å². The molecule has 0 unspecified atom stereocenters. The largest absolute Gasteiger partial charge is 0.466 e. The Kier molecular flexibility index (Phi) is 14.7. The number of allylic oxidation sites excluding steroid dienone is 6. The van der Waals surface area contributed by atoms with Gasteiger partial charge in [-0.2, -0.15) is 0 Å². The fourth-order valence-electron chi connectivity index (χ4n) is 1.88. The molecule has 0 amide bonds. The highest BCUT2D eigenvalue weighted by molar-refractivity contribution is 5.65. The fourth-order valence-corrected chi connectivity index (χ4v) is 1.88. The first-order valence-electron chi connectivity index (χ1n) is 7.85. The van der Waals surface area contributed by atoms with E-state index < -0.39 is 0 Å².